The van der Waals surface area contributed by atoms with E-state index in [1.165, 1.54) is 244 Å². The highest BCUT2D eigenvalue weighted by molar-refractivity contribution is 5.76. The number of carbonyl (C=O) groups excluding carboxylic acids is 2. The van der Waals surface area contributed by atoms with Crippen molar-refractivity contribution in [3.05, 3.63) is 0 Å². The number of aliphatic hydroxyl groups is 2. The number of unbranched alkanes of at least 4 members (excludes halogenated alkanes) is 44. The molecule has 0 fully saturated rings. The summed E-state index contributed by atoms with van der Waals surface area (Å²) in [4.78, 5) is 24.6. The minimum Gasteiger partial charge on any atom is -0.466 e. The van der Waals surface area contributed by atoms with Crippen LogP contribution < -0.4 is 5.32 Å². The molecular formula is C58H115NO5. The first-order chi connectivity index (χ1) is 31.5. The van der Waals surface area contributed by atoms with E-state index in [1.54, 1.807) is 0 Å². The maximum Gasteiger partial charge on any atom is 0.305 e. The van der Waals surface area contributed by atoms with Gasteiger partial charge in [-0.2, -0.15) is 0 Å². The lowest BCUT2D eigenvalue weighted by Gasteiger charge is -2.22. The van der Waals surface area contributed by atoms with Gasteiger partial charge < -0.3 is 20.3 Å². The summed E-state index contributed by atoms with van der Waals surface area (Å²) in [5.74, 6) is -0.0672. The fourth-order valence-corrected chi connectivity index (χ4v) is 9.41. The molecular weight excluding hydrogens is 791 g/mol. The molecule has 382 valence electrons. The van der Waals surface area contributed by atoms with E-state index in [9.17, 15) is 19.8 Å². The van der Waals surface area contributed by atoms with Crippen LogP contribution in [-0.2, 0) is 14.3 Å². The van der Waals surface area contributed by atoms with Gasteiger partial charge in [0.1, 0.15) is 0 Å². The van der Waals surface area contributed by atoms with Gasteiger partial charge in [-0.15, -0.1) is 0 Å². The van der Waals surface area contributed by atoms with Crippen molar-refractivity contribution < 1.29 is 24.5 Å². The lowest BCUT2D eigenvalue weighted by Crippen LogP contribution is -2.45. The van der Waals surface area contributed by atoms with Crippen LogP contribution in [0.4, 0.5) is 0 Å². The largest absolute Gasteiger partial charge is 0.466 e. The molecule has 0 spiro atoms. The van der Waals surface area contributed by atoms with Gasteiger partial charge in [0, 0.05) is 12.8 Å². The van der Waals surface area contributed by atoms with Crippen molar-refractivity contribution >= 4 is 11.9 Å². The van der Waals surface area contributed by atoms with Gasteiger partial charge in [-0.25, -0.2) is 0 Å². The molecule has 0 heterocycles. The highest BCUT2D eigenvalue weighted by Crippen LogP contribution is 2.18. The van der Waals surface area contributed by atoms with Crippen molar-refractivity contribution in [2.75, 3.05) is 13.2 Å². The van der Waals surface area contributed by atoms with Gasteiger partial charge in [-0.3, -0.25) is 9.59 Å². The fourth-order valence-electron chi connectivity index (χ4n) is 9.41. The maximum absolute atomic E-state index is 12.5. The number of nitrogens with one attached hydrogen (secondary N) is 1. The third-order valence-electron chi connectivity index (χ3n) is 13.9. The third-order valence-corrected chi connectivity index (χ3v) is 13.9. The summed E-state index contributed by atoms with van der Waals surface area (Å²) in [5, 5.41) is 23.3. The molecule has 2 atom stereocenters. The summed E-state index contributed by atoms with van der Waals surface area (Å²) in [6, 6.07) is -0.557. The Morgan fingerprint density at radius 1 is 0.375 bits per heavy atom. The van der Waals surface area contributed by atoms with Crippen molar-refractivity contribution in [3.63, 3.8) is 0 Å². The second-order valence-corrected chi connectivity index (χ2v) is 20.3. The van der Waals surface area contributed by atoms with Gasteiger partial charge in [0.2, 0.25) is 5.91 Å². The zero-order valence-electron chi connectivity index (χ0n) is 43.5. The molecule has 0 aromatic rings. The van der Waals surface area contributed by atoms with Crippen molar-refractivity contribution in [1.82, 2.24) is 5.32 Å². The van der Waals surface area contributed by atoms with E-state index in [-0.39, 0.29) is 18.5 Å². The highest BCUT2D eigenvalue weighted by Gasteiger charge is 2.20. The second-order valence-electron chi connectivity index (χ2n) is 20.3. The van der Waals surface area contributed by atoms with Crippen LogP contribution >= 0.6 is 0 Å². The molecule has 64 heavy (non-hydrogen) atoms. The Balaban J connectivity index is 3.44. The number of carbonyl (C=O) groups is 2. The first kappa shape index (κ1) is 62.9. The van der Waals surface area contributed by atoms with E-state index in [1.807, 2.05) is 0 Å². The van der Waals surface area contributed by atoms with E-state index >= 15 is 0 Å². The molecule has 6 nitrogen and oxygen atoms in total. The van der Waals surface area contributed by atoms with E-state index in [0.29, 0.717) is 25.9 Å². The van der Waals surface area contributed by atoms with Crippen LogP contribution in [0.1, 0.15) is 335 Å². The quantitative estimate of drug-likeness (QED) is 0.0417. The molecule has 0 saturated carbocycles. The molecule has 0 bridgehead atoms. The molecule has 0 radical (unpaired) electrons. The fraction of sp³-hybridized carbons (Fsp3) is 0.966. The summed E-state index contributed by atoms with van der Waals surface area (Å²) in [7, 11) is 0. The molecule has 0 aromatic carbocycles. The Hall–Kier alpha value is -1.14. The van der Waals surface area contributed by atoms with Crippen molar-refractivity contribution in [2.45, 2.75) is 347 Å². The summed E-state index contributed by atoms with van der Waals surface area (Å²) in [6.07, 6.45) is 62.3. The number of aliphatic hydroxyl groups excluding tert-OH is 2. The predicted molar refractivity (Wildman–Crippen MR) is 278 cm³/mol. The third kappa shape index (κ3) is 50.3. The Morgan fingerprint density at radius 2 is 0.641 bits per heavy atom. The van der Waals surface area contributed by atoms with E-state index < -0.39 is 12.1 Å². The van der Waals surface area contributed by atoms with Gasteiger partial charge in [0.05, 0.1) is 25.4 Å². The molecule has 6 heteroatoms. The number of esters is 1. The number of hydrogen-bond donors (Lipinski definition) is 3. The Labute approximate surface area is 400 Å². The van der Waals surface area contributed by atoms with Crippen LogP contribution in [0, 0.1) is 0 Å². The van der Waals surface area contributed by atoms with Crippen molar-refractivity contribution in [2.24, 2.45) is 0 Å². The lowest BCUT2D eigenvalue weighted by molar-refractivity contribution is -0.143. The van der Waals surface area contributed by atoms with E-state index in [2.05, 4.69) is 19.2 Å². The molecule has 1 amide bonds. The summed E-state index contributed by atoms with van der Waals surface area (Å²) in [5.41, 5.74) is 0. The van der Waals surface area contributed by atoms with Gasteiger partial charge >= 0.3 is 5.97 Å². The number of rotatable bonds is 55. The normalized spacial score (nSPS) is 12.5. The molecule has 2 unspecified atom stereocenters. The van der Waals surface area contributed by atoms with Gasteiger partial charge in [0.25, 0.3) is 0 Å². The summed E-state index contributed by atoms with van der Waals surface area (Å²) in [6.45, 7) is 4.94. The first-order valence-electron chi connectivity index (χ1n) is 29.3. The van der Waals surface area contributed by atoms with Crippen LogP contribution in [0.5, 0.6) is 0 Å². The first-order valence-corrected chi connectivity index (χ1v) is 29.3. The second kappa shape index (κ2) is 54.5. The molecule has 3 N–H and O–H groups in total. The Bertz CT molecular complexity index is 913. The smallest absolute Gasteiger partial charge is 0.305 e. The molecule has 0 aromatic heterocycles. The minimum absolute atomic E-state index is 0.0143. The van der Waals surface area contributed by atoms with Crippen LogP contribution in [0.2, 0.25) is 0 Å². The van der Waals surface area contributed by atoms with Crippen LogP contribution in [-0.4, -0.2) is 47.4 Å². The van der Waals surface area contributed by atoms with Crippen LogP contribution in [0.15, 0.2) is 0 Å². The topological polar surface area (TPSA) is 95.9 Å². The van der Waals surface area contributed by atoms with E-state index in [0.717, 1.165) is 57.8 Å². The highest BCUT2D eigenvalue weighted by atomic mass is 16.5. The van der Waals surface area contributed by atoms with Crippen molar-refractivity contribution in [3.8, 4) is 0 Å². The summed E-state index contributed by atoms with van der Waals surface area (Å²) >= 11 is 0. The van der Waals surface area contributed by atoms with E-state index in [4.69, 9.17) is 4.74 Å². The standard InChI is InChI=1S/C58H115NO5/c1-3-5-7-9-11-13-15-17-19-20-21-22-23-24-25-27-28-30-34-38-42-46-50-56(61)55(54-60)59-57(62)51-47-43-39-35-32-33-37-41-45-49-53-64-58(63)52-48-44-40-36-31-29-26-18-16-14-12-10-8-6-4-2/h55-56,60-61H,3-54H2,1-2H3,(H,59,62). The Kier molecular flexibility index (Phi) is 53.5. The minimum atomic E-state index is -0.678. The number of hydrogen-bond acceptors (Lipinski definition) is 5. The van der Waals surface area contributed by atoms with Gasteiger partial charge in [0.15, 0.2) is 0 Å². The zero-order chi connectivity index (χ0) is 46.5. The average molecular weight is 907 g/mol. The predicted octanol–water partition coefficient (Wildman–Crippen LogP) is 17.9. The monoisotopic (exact) mass is 906 g/mol. The number of amides is 1. The molecule has 0 saturated heterocycles. The van der Waals surface area contributed by atoms with Crippen LogP contribution in [0.3, 0.4) is 0 Å². The average Bonchev–Trinajstić information content (AvgIpc) is 3.29. The van der Waals surface area contributed by atoms with Crippen molar-refractivity contribution in [1.29, 1.82) is 0 Å². The number of ether oxygens (including phenoxy) is 1. The van der Waals surface area contributed by atoms with Crippen LogP contribution in [0.25, 0.3) is 0 Å². The van der Waals surface area contributed by atoms with Gasteiger partial charge in [-0.1, -0.05) is 296 Å². The molecule has 0 aliphatic carbocycles. The maximum atomic E-state index is 12.5. The molecule has 0 aliphatic heterocycles. The molecule has 0 aliphatic rings. The Morgan fingerprint density at radius 3 is 0.953 bits per heavy atom. The SMILES string of the molecule is CCCCCCCCCCCCCCCCCCCCCCCCC(O)C(CO)NC(=O)CCCCCCCCCCCCOC(=O)CCCCCCCCCCCCCCCCC. The van der Waals surface area contributed by atoms with Gasteiger partial charge in [-0.05, 0) is 25.7 Å². The molecule has 0 rings (SSSR count). The lowest BCUT2D eigenvalue weighted by atomic mass is 10.0. The zero-order valence-corrected chi connectivity index (χ0v) is 43.5. The summed E-state index contributed by atoms with van der Waals surface area (Å²) < 4.78 is 5.47.